The van der Waals surface area contributed by atoms with E-state index in [-0.39, 0.29) is 11.5 Å². The average molecular weight is 283 g/mol. The standard InChI is InChI=1S/C14H19F2N3O/c15-11-2-3-12(13(16)10-11)14(20)19-6-1-5-18(7-4-17)8-9-19/h2-3,10H,1,4-9,17H2. The van der Waals surface area contributed by atoms with Crippen LogP contribution in [0.25, 0.3) is 0 Å². The summed E-state index contributed by atoms with van der Waals surface area (Å²) in [6, 6.07) is 3.05. The molecule has 0 spiro atoms. The number of amides is 1. The molecule has 0 radical (unpaired) electrons. The monoisotopic (exact) mass is 283 g/mol. The van der Waals surface area contributed by atoms with Gasteiger partial charge in [-0.25, -0.2) is 8.78 Å². The second-order valence-corrected chi connectivity index (χ2v) is 4.90. The van der Waals surface area contributed by atoms with Crippen LogP contribution >= 0.6 is 0 Å². The molecule has 0 aromatic heterocycles. The Balaban J connectivity index is 2.05. The zero-order valence-corrected chi connectivity index (χ0v) is 11.3. The van der Waals surface area contributed by atoms with Gasteiger partial charge in [0.15, 0.2) is 0 Å². The lowest BCUT2D eigenvalue weighted by atomic mass is 10.1. The predicted octanol–water partition coefficient (Wildman–Crippen LogP) is 1.07. The zero-order valence-electron chi connectivity index (χ0n) is 11.3. The van der Waals surface area contributed by atoms with E-state index in [0.717, 1.165) is 38.2 Å². The van der Waals surface area contributed by atoms with E-state index >= 15 is 0 Å². The van der Waals surface area contributed by atoms with Crippen molar-refractivity contribution < 1.29 is 13.6 Å². The van der Waals surface area contributed by atoms with Crippen molar-refractivity contribution in [1.82, 2.24) is 9.80 Å². The minimum atomic E-state index is -0.807. The Labute approximate surface area is 117 Å². The highest BCUT2D eigenvalue weighted by molar-refractivity contribution is 5.94. The summed E-state index contributed by atoms with van der Waals surface area (Å²) in [5.41, 5.74) is 5.45. The molecular formula is C14H19F2N3O. The fourth-order valence-electron chi connectivity index (χ4n) is 2.41. The van der Waals surface area contributed by atoms with Gasteiger partial charge in [-0.2, -0.15) is 0 Å². The van der Waals surface area contributed by atoms with Crippen LogP contribution in [0.3, 0.4) is 0 Å². The lowest BCUT2D eigenvalue weighted by Gasteiger charge is -2.21. The fraction of sp³-hybridized carbons (Fsp3) is 0.500. The lowest BCUT2D eigenvalue weighted by Crippen LogP contribution is -2.36. The number of rotatable bonds is 3. The van der Waals surface area contributed by atoms with E-state index in [0.29, 0.717) is 19.6 Å². The van der Waals surface area contributed by atoms with Gasteiger partial charge in [0.2, 0.25) is 0 Å². The molecule has 1 saturated heterocycles. The fourth-order valence-corrected chi connectivity index (χ4v) is 2.41. The Kier molecular flexibility index (Phi) is 5.03. The summed E-state index contributed by atoms with van der Waals surface area (Å²) in [5, 5.41) is 0. The number of halogens is 2. The molecule has 4 nitrogen and oxygen atoms in total. The average Bonchev–Trinajstić information content (AvgIpc) is 2.64. The number of carbonyl (C=O) groups is 1. The van der Waals surface area contributed by atoms with Gasteiger partial charge in [-0.05, 0) is 25.1 Å². The largest absolute Gasteiger partial charge is 0.337 e. The Bertz CT molecular complexity index is 481. The van der Waals surface area contributed by atoms with Crippen LogP contribution in [0.15, 0.2) is 18.2 Å². The van der Waals surface area contributed by atoms with E-state index in [1.54, 1.807) is 4.90 Å². The van der Waals surface area contributed by atoms with Crippen molar-refractivity contribution in [3.63, 3.8) is 0 Å². The van der Waals surface area contributed by atoms with Crippen molar-refractivity contribution in [3.05, 3.63) is 35.4 Å². The van der Waals surface area contributed by atoms with Gasteiger partial charge in [0.1, 0.15) is 11.6 Å². The first-order chi connectivity index (χ1) is 9.61. The molecule has 1 amide bonds. The molecule has 1 fully saturated rings. The summed E-state index contributed by atoms with van der Waals surface area (Å²) in [7, 11) is 0. The topological polar surface area (TPSA) is 49.6 Å². The Hall–Kier alpha value is -1.53. The maximum Gasteiger partial charge on any atom is 0.256 e. The van der Waals surface area contributed by atoms with Gasteiger partial charge in [0, 0.05) is 38.8 Å². The second kappa shape index (κ2) is 6.76. The summed E-state index contributed by atoms with van der Waals surface area (Å²) in [6.07, 6.45) is 0.828. The van der Waals surface area contributed by atoms with Gasteiger partial charge in [-0.15, -0.1) is 0 Å². The van der Waals surface area contributed by atoms with E-state index in [1.165, 1.54) is 6.07 Å². The highest BCUT2D eigenvalue weighted by atomic mass is 19.1. The van der Waals surface area contributed by atoms with E-state index in [1.807, 2.05) is 0 Å². The predicted molar refractivity (Wildman–Crippen MR) is 72.4 cm³/mol. The first-order valence-electron chi connectivity index (χ1n) is 6.78. The summed E-state index contributed by atoms with van der Waals surface area (Å²) in [6.45, 7) is 4.11. The first kappa shape index (κ1) is 14.9. The highest BCUT2D eigenvalue weighted by Crippen LogP contribution is 2.14. The van der Waals surface area contributed by atoms with Crippen LogP contribution in [0.5, 0.6) is 0 Å². The van der Waals surface area contributed by atoms with Crippen LogP contribution < -0.4 is 5.73 Å². The van der Waals surface area contributed by atoms with Crippen LogP contribution in [0.1, 0.15) is 16.8 Å². The quantitative estimate of drug-likeness (QED) is 0.903. The minimum Gasteiger partial charge on any atom is -0.337 e. The molecule has 1 aliphatic rings. The van der Waals surface area contributed by atoms with Gasteiger partial charge in [-0.1, -0.05) is 0 Å². The summed E-state index contributed by atoms with van der Waals surface area (Å²) >= 11 is 0. The van der Waals surface area contributed by atoms with E-state index < -0.39 is 11.6 Å². The van der Waals surface area contributed by atoms with Crippen molar-refractivity contribution in [2.75, 3.05) is 39.3 Å². The highest BCUT2D eigenvalue weighted by Gasteiger charge is 2.22. The third-order valence-corrected chi connectivity index (χ3v) is 3.48. The van der Waals surface area contributed by atoms with Crippen molar-refractivity contribution >= 4 is 5.91 Å². The van der Waals surface area contributed by atoms with Crippen LogP contribution in [-0.4, -0.2) is 55.0 Å². The van der Waals surface area contributed by atoms with Gasteiger partial charge < -0.3 is 15.5 Å². The summed E-state index contributed by atoms with van der Waals surface area (Å²) in [4.78, 5) is 16.1. The number of carbonyl (C=O) groups excluding carboxylic acids is 1. The Morgan fingerprint density at radius 3 is 2.70 bits per heavy atom. The molecule has 0 atom stereocenters. The smallest absolute Gasteiger partial charge is 0.256 e. The summed E-state index contributed by atoms with van der Waals surface area (Å²) in [5.74, 6) is -1.86. The molecule has 0 saturated carbocycles. The third-order valence-electron chi connectivity index (χ3n) is 3.48. The summed E-state index contributed by atoms with van der Waals surface area (Å²) < 4.78 is 26.5. The third kappa shape index (κ3) is 3.52. The van der Waals surface area contributed by atoms with Crippen LogP contribution in [0.2, 0.25) is 0 Å². The molecule has 2 rings (SSSR count). The molecule has 1 aromatic rings. The molecule has 1 heterocycles. The molecule has 0 bridgehead atoms. The maximum absolute atomic E-state index is 13.6. The SMILES string of the molecule is NCCN1CCCN(C(=O)c2ccc(F)cc2F)CC1. The number of hydrogen-bond donors (Lipinski definition) is 1. The van der Waals surface area contributed by atoms with Crippen LogP contribution in [0.4, 0.5) is 8.78 Å². The molecule has 2 N–H and O–H groups in total. The van der Waals surface area contributed by atoms with Crippen LogP contribution in [-0.2, 0) is 0 Å². The van der Waals surface area contributed by atoms with Crippen LogP contribution in [0, 0.1) is 11.6 Å². The van der Waals surface area contributed by atoms with Gasteiger partial charge in [0.25, 0.3) is 5.91 Å². The molecule has 110 valence electrons. The van der Waals surface area contributed by atoms with Gasteiger partial charge in [0.05, 0.1) is 5.56 Å². The van der Waals surface area contributed by atoms with E-state index in [2.05, 4.69) is 4.90 Å². The second-order valence-electron chi connectivity index (χ2n) is 4.90. The number of nitrogens with zero attached hydrogens (tertiary/aromatic N) is 2. The first-order valence-corrected chi connectivity index (χ1v) is 6.78. The molecule has 6 heteroatoms. The molecule has 1 aromatic carbocycles. The van der Waals surface area contributed by atoms with Crippen molar-refractivity contribution in [2.45, 2.75) is 6.42 Å². The number of nitrogens with two attached hydrogens (primary N) is 1. The molecular weight excluding hydrogens is 264 g/mol. The normalized spacial score (nSPS) is 17.1. The van der Waals surface area contributed by atoms with E-state index in [9.17, 15) is 13.6 Å². The van der Waals surface area contributed by atoms with Gasteiger partial charge in [-0.3, -0.25) is 4.79 Å². The van der Waals surface area contributed by atoms with Crippen molar-refractivity contribution in [3.8, 4) is 0 Å². The molecule has 0 unspecified atom stereocenters. The molecule has 20 heavy (non-hydrogen) atoms. The molecule has 1 aliphatic heterocycles. The minimum absolute atomic E-state index is 0.0707. The molecule has 0 aliphatic carbocycles. The van der Waals surface area contributed by atoms with E-state index in [4.69, 9.17) is 5.73 Å². The number of benzene rings is 1. The zero-order chi connectivity index (χ0) is 14.5. The lowest BCUT2D eigenvalue weighted by molar-refractivity contribution is 0.0757. The van der Waals surface area contributed by atoms with Crippen molar-refractivity contribution in [1.29, 1.82) is 0 Å². The van der Waals surface area contributed by atoms with Gasteiger partial charge >= 0.3 is 0 Å². The maximum atomic E-state index is 13.6. The number of hydrogen-bond acceptors (Lipinski definition) is 3. The van der Waals surface area contributed by atoms with Crippen molar-refractivity contribution in [2.24, 2.45) is 5.73 Å². The Morgan fingerprint density at radius 1 is 1.20 bits per heavy atom. The Morgan fingerprint density at radius 2 is 2.00 bits per heavy atom.